The fourth-order valence-electron chi connectivity index (χ4n) is 2.88. The molecule has 0 bridgehead atoms. The summed E-state index contributed by atoms with van der Waals surface area (Å²) < 4.78 is 33.0. The Morgan fingerprint density at radius 1 is 1.06 bits per heavy atom. The van der Waals surface area contributed by atoms with Crippen molar-refractivity contribution in [2.24, 2.45) is 0 Å². The SMILES string of the molecule is COc1ccc(-n2nc(C(=O)O)cc2-c2ccn(S(=O)(=O)c3ccc(C)cc3)n2)cn1. The first-order chi connectivity index (χ1) is 14.8. The number of aryl methyl sites for hydroxylation is 1. The van der Waals surface area contributed by atoms with Crippen molar-refractivity contribution in [3.8, 4) is 23.0 Å². The van der Waals surface area contributed by atoms with Crippen LogP contribution >= 0.6 is 0 Å². The molecule has 0 spiro atoms. The number of methoxy groups -OCH3 is 1. The zero-order chi connectivity index (χ0) is 22.2. The molecule has 0 aliphatic carbocycles. The van der Waals surface area contributed by atoms with Crippen LogP contribution in [0.25, 0.3) is 17.1 Å². The average molecular weight is 439 g/mol. The molecule has 4 aromatic rings. The number of carbonyl (C=O) groups is 1. The fraction of sp³-hybridized carbons (Fsp3) is 0.100. The minimum atomic E-state index is -3.91. The molecule has 0 fully saturated rings. The van der Waals surface area contributed by atoms with Crippen LogP contribution in [-0.2, 0) is 10.0 Å². The lowest BCUT2D eigenvalue weighted by Crippen LogP contribution is -2.13. The van der Waals surface area contributed by atoms with Crippen LogP contribution < -0.4 is 4.74 Å². The molecule has 3 aromatic heterocycles. The highest BCUT2D eigenvalue weighted by Crippen LogP contribution is 2.24. The van der Waals surface area contributed by atoms with E-state index in [4.69, 9.17) is 4.74 Å². The number of hydrogen-bond donors (Lipinski definition) is 1. The predicted molar refractivity (Wildman–Crippen MR) is 110 cm³/mol. The Bertz CT molecular complexity index is 1360. The van der Waals surface area contributed by atoms with Crippen LogP contribution in [0.4, 0.5) is 0 Å². The third-order valence-corrected chi connectivity index (χ3v) is 6.06. The molecule has 0 saturated carbocycles. The first-order valence-corrected chi connectivity index (χ1v) is 10.5. The summed E-state index contributed by atoms with van der Waals surface area (Å²) in [7, 11) is -2.43. The largest absolute Gasteiger partial charge is 0.481 e. The highest BCUT2D eigenvalue weighted by Gasteiger charge is 2.22. The molecule has 0 unspecified atom stereocenters. The van der Waals surface area contributed by atoms with Crippen molar-refractivity contribution in [3.05, 3.63) is 72.2 Å². The van der Waals surface area contributed by atoms with Crippen molar-refractivity contribution in [2.45, 2.75) is 11.8 Å². The molecular weight excluding hydrogens is 422 g/mol. The van der Waals surface area contributed by atoms with E-state index in [9.17, 15) is 18.3 Å². The average Bonchev–Trinajstić information content (AvgIpc) is 3.42. The summed E-state index contributed by atoms with van der Waals surface area (Å²) in [6, 6.07) is 12.4. The highest BCUT2D eigenvalue weighted by atomic mass is 32.2. The number of rotatable bonds is 6. The number of pyridine rings is 1. The van der Waals surface area contributed by atoms with Crippen molar-refractivity contribution in [2.75, 3.05) is 7.11 Å². The second-order valence-corrected chi connectivity index (χ2v) is 8.38. The lowest BCUT2D eigenvalue weighted by Gasteiger charge is -2.07. The van der Waals surface area contributed by atoms with Crippen molar-refractivity contribution in [1.29, 1.82) is 0 Å². The van der Waals surface area contributed by atoms with Crippen LogP contribution in [0.5, 0.6) is 5.88 Å². The summed E-state index contributed by atoms with van der Waals surface area (Å²) in [6.45, 7) is 1.86. The third-order valence-electron chi connectivity index (χ3n) is 4.50. The molecule has 158 valence electrons. The van der Waals surface area contributed by atoms with Gasteiger partial charge in [0, 0.05) is 18.3 Å². The molecule has 0 amide bonds. The first kappa shape index (κ1) is 20.3. The van der Waals surface area contributed by atoms with Gasteiger partial charge in [-0.1, -0.05) is 17.7 Å². The standard InChI is InChI=1S/C20H17N5O5S/c1-13-3-6-15(7-4-13)31(28,29)24-10-9-16(22-24)18-11-17(20(26)27)23-25(18)14-5-8-19(30-2)21-12-14/h3-12H,1-2H3,(H,26,27). The lowest BCUT2D eigenvalue weighted by molar-refractivity contribution is 0.0690. The van der Waals surface area contributed by atoms with Crippen LogP contribution in [0.1, 0.15) is 16.1 Å². The van der Waals surface area contributed by atoms with Crippen molar-refractivity contribution < 1.29 is 23.1 Å². The van der Waals surface area contributed by atoms with E-state index in [-0.39, 0.29) is 16.3 Å². The molecule has 1 N–H and O–H groups in total. The quantitative estimate of drug-likeness (QED) is 0.485. The van der Waals surface area contributed by atoms with E-state index < -0.39 is 16.0 Å². The molecule has 0 atom stereocenters. The zero-order valence-corrected chi connectivity index (χ0v) is 17.3. The predicted octanol–water partition coefficient (Wildman–Crippen LogP) is 2.38. The van der Waals surface area contributed by atoms with E-state index in [0.29, 0.717) is 17.3 Å². The molecule has 0 aliphatic heterocycles. The molecule has 31 heavy (non-hydrogen) atoms. The summed E-state index contributed by atoms with van der Waals surface area (Å²) in [5.74, 6) is -0.849. The van der Waals surface area contributed by atoms with Gasteiger partial charge in [0.1, 0.15) is 5.69 Å². The lowest BCUT2D eigenvalue weighted by atomic mass is 10.2. The normalized spacial score (nSPS) is 11.4. The maximum absolute atomic E-state index is 12.9. The second-order valence-electron chi connectivity index (χ2n) is 6.58. The molecular formula is C20H17N5O5S. The van der Waals surface area contributed by atoms with Crippen LogP contribution in [0.15, 0.2) is 65.8 Å². The van der Waals surface area contributed by atoms with Crippen molar-refractivity contribution >= 4 is 16.0 Å². The van der Waals surface area contributed by atoms with E-state index in [1.54, 1.807) is 24.3 Å². The number of nitrogens with zero attached hydrogens (tertiary/aromatic N) is 5. The number of hydrogen-bond acceptors (Lipinski definition) is 7. The van der Waals surface area contributed by atoms with Crippen LogP contribution in [0, 0.1) is 6.92 Å². The van der Waals surface area contributed by atoms with Gasteiger partial charge in [0.15, 0.2) is 5.69 Å². The molecule has 0 saturated heterocycles. The fourth-order valence-corrected chi connectivity index (χ4v) is 3.99. The topological polar surface area (TPSA) is 129 Å². The maximum Gasteiger partial charge on any atom is 0.356 e. The van der Waals surface area contributed by atoms with E-state index in [1.165, 1.54) is 48.5 Å². The number of aromatic nitrogens is 5. The Morgan fingerprint density at radius 3 is 2.42 bits per heavy atom. The maximum atomic E-state index is 12.9. The van der Waals surface area contributed by atoms with E-state index in [1.807, 2.05) is 6.92 Å². The van der Waals surface area contributed by atoms with Gasteiger partial charge in [-0.3, -0.25) is 0 Å². The van der Waals surface area contributed by atoms with Crippen LogP contribution in [0.3, 0.4) is 0 Å². The molecule has 0 radical (unpaired) electrons. The van der Waals surface area contributed by atoms with Crippen LogP contribution in [-0.4, -0.2) is 50.6 Å². The minimum absolute atomic E-state index is 0.0897. The summed E-state index contributed by atoms with van der Waals surface area (Å²) in [4.78, 5) is 15.7. The molecule has 3 heterocycles. The Balaban J connectivity index is 1.79. The van der Waals surface area contributed by atoms with Gasteiger partial charge in [0.2, 0.25) is 5.88 Å². The zero-order valence-electron chi connectivity index (χ0n) is 16.5. The number of ether oxygens (including phenoxy) is 1. The van der Waals surface area contributed by atoms with Gasteiger partial charge >= 0.3 is 5.97 Å². The van der Waals surface area contributed by atoms with Gasteiger partial charge in [0.25, 0.3) is 10.0 Å². The number of carboxylic acid groups (broad SMARTS) is 1. The first-order valence-electron chi connectivity index (χ1n) is 9.01. The number of carboxylic acids is 1. The van der Waals surface area contributed by atoms with E-state index >= 15 is 0 Å². The summed E-state index contributed by atoms with van der Waals surface area (Å²) in [5, 5.41) is 17.6. The minimum Gasteiger partial charge on any atom is -0.481 e. The Morgan fingerprint density at radius 2 is 1.81 bits per heavy atom. The summed E-state index contributed by atoms with van der Waals surface area (Å²) in [6.07, 6.45) is 2.76. The monoisotopic (exact) mass is 439 g/mol. The van der Waals surface area contributed by atoms with E-state index in [0.717, 1.165) is 9.65 Å². The van der Waals surface area contributed by atoms with Crippen molar-refractivity contribution in [1.82, 2.24) is 24.0 Å². The smallest absolute Gasteiger partial charge is 0.356 e. The van der Waals surface area contributed by atoms with Gasteiger partial charge in [-0.15, -0.1) is 0 Å². The molecule has 11 heteroatoms. The van der Waals surface area contributed by atoms with Crippen molar-refractivity contribution in [3.63, 3.8) is 0 Å². The molecule has 1 aromatic carbocycles. The number of aromatic carboxylic acids is 1. The third kappa shape index (κ3) is 3.78. The molecule has 10 nitrogen and oxygen atoms in total. The van der Waals surface area contributed by atoms with E-state index in [2.05, 4.69) is 15.2 Å². The van der Waals surface area contributed by atoms with Gasteiger partial charge in [0.05, 0.1) is 29.6 Å². The number of benzene rings is 1. The summed E-state index contributed by atoms with van der Waals surface area (Å²) in [5.41, 5.74) is 1.69. The van der Waals surface area contributed by atoms with Crippen LogP contribution in [0.2, 0.25) is 0 Å². The van der Waals surface area contributed by atoms with Gasteiger partial charge in [-0.25, -0.2) is 14.5 Å². The highest BCUT2D eigenvalue weighted by molar-refractivity contribution is 7.89. The molecule has 4 rings (SSSR count). The summed E-state index contributed by atoms with van der Waals surface area (Å²) >= 11 is 0. The Kier molecular flexibility index (Phi) is 5.03. The van der Waals surface area contributed by atoms with Gasteiger partial charge in [-0.2, -0.15) is 22.7 Å². The van der Waals surface area contributed by atoms with Gasteiger partial charge < -0.3 is 9.84 Å². The van der Waals surface area contributed by atoms with Gasteiger partial charge in [-0.05, 0) is 31.2 Å². The Labute approximate surface area is 177 Å². The molecule has 0 aliphatic rings. The Hall–Kier alpha value is -3.99. The second kappa shape index (κ2) is 7.69.